The SMILES string of the molecule is c1cc(-c2ccc3ncoc3c2)cc(-c2ccc3c4ccc(-c5cccc(-c6ccc7ncoc7c6)c5)cc4c4ccccc4c3c2)c1. The molecule has 2 aromatic heterocycles. The van der Waals surface area contributed by atoms with Gasteiger partial charge in [0.1, 0.15) is 11.0 Å². The average molecular weight is 615 g/mol. The van der Waals surface area contributed by atoms with E-state index >= 15 is 0 Å². The maximum absolute atomic E-state index is 5.57. The first kappa shape index (κ1) is 26.7. The Hall–Kier alpha value is -6.52. The summed E-state index contributed by atoms with van der Waals surface area (Å²) in [6.07, 6.45) is 2.99. The smallest absolute Gasteiger partial charge is 0.181 e. The standard InChI is InChI=1S/C44H26N2O2/c1-2-10-36-35(9-1)39-21-31(27-5-3-7-29(19-27)33-13-17-41-43(23-33)47-25-45-41)11-15-37(39)38-16-12-32(22-40(36)38)28-6-4-8-30(20-28)34-14-18-42-44(24-34)48-26-46-42/h1-26H. The zero-order valence-corrected chi connectivity index (χ0v) is 25.7. The second kappa shape index (κ2) is 10.5. The normalized spacial score (nSPS) is 11.8. The number of hydrogen-bond acceptors (Lipinski definition) is 4. The summed E-state index contributed by atoms with van der Waals surface area (Å²) in [6, 6.07) is 52.3. The Bertz CT molecular complexity index is 2640. The highest BCUT2D eigenvalue weighted by Gasteiger charge is 2.13. The predicted molar refractivity (Wildman–Crippen MR) is 196 cm³/mol. The van der Waals surface area contributed by atoms with Gasteiger partial charge in [0.2, 0.25) is 0 Å². The fourth-order valence-corrected chi connectivity index (χ4v) is 7.14. The zero-order valence-electron chi connectivity index (χ0n) is 25.7. The van der Waals surface area contributed by atoms with Gasteiger partial charge in [0.15, 0.2) is 24.0 Å². The van der Waals surface area contributed by atoms with Gasteiger partial charge in [-0.15, -0.1) is 0 Å². The fourth-order valence-electron chi connectivity index (χ4n) is 7.14. The van der Waals surface area contributed by atoms with Crippen LogP contribution in [-0.2, 0) is 0 Å². The van der Waals surface area contributed by atoms with Gasteiger partial charge in [-0.05, 0) is 125 Å². The van der Waals surface area contributed by atoms with Gasteiger partial charge in [-0.1, -0.05) is 97.1 Å². The molecule has 4 nitrogen and oxygen atoms in total. The lowest BCUT2D eigenvalue weighted by Gasteiger charge is -2.14. The summed E-state index contributed by atoms with van der Waals surface area (Å²) < 4.78 is 11.1. The minimum atomic E-state index is 0.794. The second-order valence-electron chi connectivity index (χ2n) is 12.3. The van der Waals surface area contributed by atoms with E-state index in [1.165, 1.54) is 67.4 Å². The fraction of sp³-hybridized carbons (Fsp3) is 0. The highest BCUT2D eigenvalue weighted by molar-refractivity contribution is 6.26. The molecule has 0 amide bonds. The number of nitrogens with zero attached hydrogens (tertiary/aromatic N) is 2. The zero-order chi connectivity index (χ0) is 31.6. The summed E-state index contributed by atoms with van der Waals surface area (Å²) in [4.78, 5) is 8.53. The van der Waals surface area contributed by atoms with Crippen LogP contribution in [0.2, 0.25) is 0 Å². The third kappa shape index (κ3) is 4.31. The Labute approximate surface area is 275 Å². The summed E-state index contributed by atoms with van der Waals surface area (Å²) in [6.45, 7) is 0. The Kier molecular flexibility index (Phi) is 5.84. The average Bonchev–Trinajstić information content (AvgIpc) is 3.84. The lowest BCUT2D eigenvalue weighted by atomic mass is 9.89. The van der Waals surface area contributed by atoms with E-state index in [1.807, 2.05) is 12.1 Å². The maximum atomic E-state index is 5.57. The van der Waals surface area contributed by atoms with Crippen LogP contribution in [0, 0.1) is 0 Å². The predicted octanol–water partition coefficient (Wildman–Crippen LogP) is 12.1. The number of benzene rings is 8. The summed E-state index contributed by atoms with van der Waals surface area (Å²) in [5.41, 5.74) is 12.5. The molecule has 0 bridgehead atoms. The molecule has 0 saturated carbocycles. The van der Waals surface area contributed by atoms with Crippen molar-refractivity contribution in [3.8, 4) is 44.5 Å². The molecular weight excluding hydrogens is 588 g/mol. The molecule has 4 heteroatoms. The van der Waals surface area contributed by atoms with Crippen LogP contribution in [0.25, 0.3) is 99.0 Å². The van der Waals surface area contributed by atoms with Crippen molar-refractivity contribution in [2.24, 2.45) is 0 Å². The molecule has 0 aliphatic rings. The summed E-state index contributed by atoms with van der Waals surface area (Å²) in [5, 5.41) is 7.50. The van der Waals surface area contributed by atoms with Crippen molar-refractivity contribution in [3.63, 3.8) is 0 Å². The van der Waals surface area contributed by atoms with Crippen LogP contribution in [0.5, 0.6) is 0 Å². The van der Waals surface area contributed by atoms with E-state index in [0.29, 0.717) is 0 Å². The Morgan fingerprint density at radius 1 is 0.292 bits per heavy atom. The minimum absolute atomic E-state index is 0.794. The van der Waals surface area contributed by atoms with Gasteiger partial charge in [0, 0.05) is 0 Å². The Morgan fingerprint density at radius 2 is 0.667 bits per heavy atom. The molecule has 10 aromatic rings. The van der Waals surface area contributed by atoms with Crippen molar-refractivity contribution in [1.29, 1.82) is 0 Å². The molecule has 0 N–H and O–H groups in total. The quantitative estimate of drug-likeness (QED) is 0.185. The van der Waals surface area contributed by atoms with Crippen molar-refractivity contribution in [1.82, 2.24) is 9.97 Å². The van der Waals surface area contributed by atoms with Crippen LogP contribution in [0.1, 0.15) is 0 Å². The van der Waals surface area contributed by atoms with Crippen LogP contribution >= 0.6 is 0 Å². The van der Waals surface area contributed by atoms with E-state index < -0.39 is 0 Å². The van der Waals surface area contributed by atoms with Crippen molar-refractivity contribution < 1.29 is 8.83 Å². The monoisotopic (exact) mass is 614 g/mol. The van der Waals surface area contributed by atoms with E-state index in [1.54, 1.807) is 0 Å². The van der Waals surface area contributed by atoms with E-state index in [2.05, 4.69) is 143 Å². The molecule has 10 rings (SSSR count). The maximum Gasteiger partial charge on any atom is 0.181 e. The Morgan fingerprint density at radius 3 is 1.12 bits per heavy atom. The minimum Gasteiger partial charge on any atom is -0.443 e. The third-order valence-electron chi connectivity index (χ3n) is 9.56. The molecule has 0 aliphatic heterocycles. The van der Waals surface area contributed by atoms with Crippen molar-refractivity contribution in [3.05, 3.63) is 158 Å². The molecule has 0 aliphatic carbocycles. The van der Waals surface area contributed by atoms with Crippen LogP contribution in [0.3, 0.4) is 0 Å². The first-order valence-corrected chi connectivity index (χ1v) is 16.0. The molecule has 48 heavy (non-hydrogen) atoms. The van der Waals surface area contributed by atoms with E-state index in [4.69, 9.17) is 8.83 Å². The number of fused-ring (bicyclic) bond motifs is 8. The molecule has 2 heterocycles. The van der Waals surface area contributed by atoms with E-state index in [0.717, 1.165) is 44.5 Å². The molecule has 0 fully saturated rings. The number of oxazole rings is 2. The molecule has 0 spiro atoms. The Balaban J connectivity index is 1.08. The topological polar surface area (TPSA) is 52.1 Å². The van der Waals surface area contributed by atoms with Gasteiger partial charge in [0.05, 0.1) is 0 Å². The van der Waals surface area contributed by atoms with E-state index in [9.17, 15) is 0 Å². The van der Waals surface area contributed by atoms with Crippen molar-refractivity contribution in [2.45, 2.75) is 0 Å². The van der Waals surface area contributed by atoms with Crippen molar-refractivity contribution >= 4 is 54.5 Å². The molecule has 0 radical (unpaired) electrons. The first-order valence-electron chi connectivity index (χ1n) is 16.0. The largest absolute Gasteiger partial charge is 0.443 e. The third-order valence-corrected chi connectivity index (χ3v) is 9.56. The van der Waals surface area contributed by atoms with Gasteiger partial charge in [-0.3, -0.25) is 0 Å². The van der Waals surface area contributed by atoms with Crippen LogP contribution in [0.15, 0.2) is 167 Å². The van der Waals surface area contributed by atoms with Crippen LogP contribution < -0.4 is 0 Å². The number of hydrogen-bond donors (Lipinski definition) is 0. The summed E-state index contributed by atoms with van der Waals surface area (Å²) in [5.74, 6) is 0. The number of aromatic nitrogens is 2. The van der Waals surface area contributed by atoms with Gasteiger partial charge >= 0.3 is 0 Å². The van der Waals surface area contributed by atoms with Crippen molar-refractivity contribution in [2.75, 3.05) is 0 Å². The summed E-state index contributed by atoms with van der Waals surface area (Å²) >= 11 is 0. The van der Waals surface area contributed by atoms with Gasteiger partial charge in [-0.25, -0.2) is 9.97 Å². The summed E-state index contributed by atoms with van der Waals surface area (Å²) in [7, 11) is 0. The second-order valence-corrected chi connectivity index (χ2v) is 12.3. The van der Waals surface area contributed by atoms with Gasteiger partial charge < -0.3 is 8.83 Å². The van der Waals surface area contributed by atoms with Gasteiger partial charge in [-0.2, -0.15) is 0 Å². The van der Waals surface area contributed by atoms with E-state index in [-0.39, 0.29) is 0 Å². The molecule has 8 aromatic carbocycles. The molecule has 0 atom stereocenters. The highest BCUT2D eigenvalue weighted by Crippen LogP contribution is 2.40. The molecule has 224 valence electrons. The lowest BCUT2D eigenvalue weighted by Crippen LogP contribution is -1.87. The molecule has 0 unspecified atom stereocenters. The first-order chi connectivity index (χ1) is 23.7. The molecule has 0 saturated heterocycles. The highest BCUT2D eigenvalue weighted by atomic mass is 16.3. The van der Waals surface area contributed by atoms with Crippen LogP contribution in [0.4, 0.5) is 0 Å². The lowest BCUT2D eigenvalue weighted by molar-refractivity contribution is 0.602. The van der Waals surface area contributed by atoms with Gasteiger partial charge in [0.25, 0.3) is 0 Å². The number of rotatable bonds is 4. The van der Waals surface area contributed by atoms with Crippen LogP contribution in [-0.4, -0.2) is 9.97 Å². The molecular formula is C44H26N2O2.